The summed E-state index contributed by atoms with van der Waals surface area (Å²) in [7, 11) is 0. The Morgan fingerprint density at radius 3 is 2.39 bits per heavy atom. The van der Waals surface area contributed by atoms with Crippen LogP contribution in [0.5, 0.6) is 0 Å². The number of aliphatic hydroxyl groups excluding tert-OH is 1. The maximum absolute atomic E-state index is 13.6. The molecular weight excluding hydrogens is 443 g/mol. The van der Waals surface area contributed by atoms with Crippen LogP contribution in [0.15, 0.2) is 54.6 Å². The first-order valence-corrected chi connectivity index (χ1v) is 11.3. The van der Waals surface area contributed by atoms with Crippen molar-refractivity contribution in [2.24, 2.45) is 0 Å². The van der Waals surface area contributed by atoms with Crippen molar-refractivity contribution in [2.45, 2.75) is 20.5 Å². The van der Waals surface area contributed by atoms with E-state index >= 15 is 0 Å². The van der Waals surface area contributed by atoms with Gasteiger partial charge in [-0.25, -0.2) is 13.9 Å². The number of fused-ring (bicyclic) bond motifs is 1. The van der Waals surface area contributed by atoms with Gasteiger partial charge in [0.05, 0.1) is 30.2 Å². The van der Waals surface area contributed by atoms with Crippen LogP contribution in [0.3, 0.4) is 0 Å². The lowest BCUT2D eigenvalue weighted by Crippen LogP contribution is -2.27. The third-order valence-electron chi connectivity index (χ3n) is 5.44. The number of ether oxygens (including phenoxy) is 1. The topological polar surface area (TPSA) is 62.9 Å². The zero-order valence-electron chi connectivity index (χ0n) is 18.6. The van der Waals surface area contributed by atoms with Gasteiger partial charge in [-0.3, -0.25) is 0 Å². The predicted octanol–water partition coefficient (Wildman–Crippen LogP) is 5.21. The molecule has 172 valence electrons. The summed E-state index contributed by atoms with van der Waals surface area (Å²) in [6.45, 7) is 5.94. The molecule has 6 nitrogen and oxygen atoms in total. The summed E-state index contributed by atoms with van der Waals surface area (Å²) in [5, 5.41) is 15.1. The second kappa shape index (κ2) is 10.3. The molecular formula is C25H26ClFN4O2. The van der Waals surface area contributed by atoms with E-state index in [4.69, 9.17) is 26.4 Å². The Hall–Kier alpha value is -3.00. The smallest absolute Gasteiger partial charge is 0.166 e. The monoisotopic (exact) mass is 468 g/mol. The summed E-state index contributed by atoms with van der Waals surface area (Å²) in [4.78, 5) is 6.94. The molecule has 33 heavy (non-hydrogen) atoms. The van der Waals surface area contributed by atoms with Gasteiger partial charge in [-0.05, 0) is 55.8 Å². The molecule has 4 rings (SSSR count). The van der Waals surface area contributed by atoms with Gasteiger partial charge >= 0.3 is 0 Å². The molecule has 2 aromatic heterocycles. The van der Waals surface area contributed by atoms with E-state index in [-0.39, 0.29) is 12.4 Å². The molecule has 0 radical (unpaired) electrons. The van der Waals surface area contributed by atoms with E-state index in [0.717, 1.165) is 28.1 Å². The van der Waals surface area contributed by atoms with Gasteiger partial charge in [-0.15, -0.1) is 0 Å². The van der Waals surface area contributed by atoms with Crippen molar-refractivity contribution in [1.29, 1.82) is 0 Å². The molecule has 0 unspecified atom stereocenters. The van der Waals surface area contributed by atoms with E-state index in [1.807, 2.05) is 49.1 Å². The zero-order chi connectivity index (χ0) is 23.4. The highest BCUT2D eigenvalue weighted by Gasteiger charge is 2.21. The third kappa shape index (κ3) is 4.85. The van der Waals surface area contributed by atoms with Gasteiger partial charge in [0.2, 0.25) is 0 Å². The van der Waals surface area contributed by atoms with E-state index in [2.05, 4.69) is 0 Å². The molecule has 0 amide bonds. The summed E-state index contributed by atoms with van der Waals surface area (Å²) in [5.74, 6) is 0.399. The highest BCUT2D eigenvalue weighted by atomic mass is 35.5. The van der Waals surface area contributed by atoms with E-state index in [9.17, 15) is 9.50 Å². The second-order valence-electron chi connectivity index (χ2n) is 7.51. The van der Waals surface area contributed by atoms with Crippen molar-refractivity contribution in [3.63, 3.8) is 0 Å². The molecule has 0 saturated carbocycles. The minimum Gasteiger partial charge on any atom is -0.395 e. The lowest BCUT2D eigenvalue weighted by atomic mass is 10.1. The number of halogens is 2. The fourth-order valence-corrected chi connectivity index (χ4v) is 3.93. The summed E-state index contributed by atoms with van der Waals surface area (Å²) < 4.78 is 21.1. The van der Waals surface area contributed by atoms with Gasteiger partial charge in [0.25, 0.3) is 0 Å². The van der Waals surface area contributed by atoms with E-state index in [1.165, 1.54) is 12.1 Å². The quantitative estimate of drug-likeness (QED) is 0.365. The Balaban J connectivity index is 2.02. The number of anilines is 1. The van der Waals surface area contributed by atoms with Crippen LogP contribution >= 0.6 is 11.6 Å². The van der Waals surface area contributed by atoms with Crippen LogP contribution in [0, 0.1) is 5.82 Å². The average molecular weight is 469 g/mol. The minimum absolute atomic E-state index is 0.00543. The summed E-state index contributed by atoms with van der Waals surface area (Å²) >= 11 is 6.13. The lowest BCUT2D eigenvalue weighted by Gasteiger charge is -2.22. The highest BCUT2D eigenvalue weighted by Crippen LogP contribution is 2.34. The maximum Gasteiger partial charge on any atom is 0.166 e. The molecule has 2 aromatic carbocycles. The van der Waals surface area contributed by atoms with Crippen LogP contribution in [0.1, 0.15) is 19.5 Å². The minimum atomic E-state index is -0.306. The largest absolute Gasteiger partial charge is 0.395 e. The Kier molecular flexibility index (Phi) is 7.23. The van der Waals surface area contributed by atoms with Crippen molar-refractivity contribution in [1.82, 2.24) is 14.6 Å². The van der Waals surface area contributed by atoms with Gasteiger partial charge in [0.1, 0.15) is 11.6 Å². The molecule has 1 N–H and O–H groups in total. The molecule has 0 aliphatic rings. The molecule has 4 aromatic rings. The molecule has 2 heterocycles. The van der Waals surface area contributed by atoms with Crippen LogP contribution in [0.25, 0.3) is 28.0 Å². The van der Waals surface area contributed by atoms with Crippen LogP contribution < -0.4 is 4.90 Å². The molecule has 0 aliphatic heterocycles. The lowest BCUT2D eigenvalue weighted by molar-refractivity contribution is 0.131. The van der Waals surface area contributed by atoms with Crippen LogP contribution in [0.2, 0.25) is 5.02 Å². The first kappa shape index (κ1) is 23.2. The first-order chi connectivity index (χ1) is 16.0. The second-order valence-corrected chi connectivity index (χ2v) is 7.95. The average Bonchev–Trinajstić information content (AvgIpc) is 3.20. The number of aliphatic hydroxyl groups is 1. The SMILES string of the molecule is CCOCc1nn2c(-c3ccc(F)cc3)cc(N(CC)CCO)nc2c1-c1ccc(Cl)cc1. The fourth-order valence-electron chi connectivity index (χ4n) is 3.80. The normalized spacial score (nSPS) is 11.3. The molecule has 0 fully saturated rings. The molecule has 0 atom stereocenters. The number of rotatable bonds is 9. The Morgan fingerprint density at radius 1 is 1.06 bits per heavy atom. The Morgan fingerprint density at radius 2 is 1.76 bits per heavy atom. The van der Waals surface area contributed by atoms with E-state index < -0.39 is 0 Å². The van der Waals surface area contributed by atoms with E-state index in [1.54, 1.807) is 16.6 Å². The van der Waals surface area contributed by atoms with Crippen molar-refractivity contribution in [3.05, 3.63) is 71.1 Å². The van der Waals surface area contributed by atoms with Crippen LogP contribution in [0.4, 0.5) is 10.2 Å². The standard InChI is InChI=1S/C25H26ClFN4O2/c1-3-30(13-14-32)23-15-22(17-7-11-20(27)12-8-17)31-25(28-23)24(21(29-31)16-33-4-2)18-5-9-19(26)10-6-18/h5-12,15,32H,3-4,13-14,16H2,1-2H3. The molecule has 0 spiro atoms. The number of benzene rings is 2. The van der Waals surface area contributed by atoms with Gasteiger partial charge in [0, 0.05) is 36.3 Å². The number of aromatic nitrogens is 3. The van der Waals surface area contributed by atoms with Gasteiger partial charge in [0.15, 0.2) is 5.65 Å². The van der Waals surface area contributed by atoms with Crippen molar-refractivity contribution in [2.75, 3.05) is 31.2 Å². The van der Waals surface area contributed by atoms with Crippen molar-refractivity contribution < 1.29 is 14.2 Å². The predicted molar refractivity (Wildman–Crippen MR) is 129 cm³/mol. The zero-order valence-corrected chi connectivity index (χ0v) is 19.4. The first-order valence-electron chi connectivity index (χ1n) is 10.9. The summed E-state index contributed by atoms with van der Waals surface area (Å²) in [5.41, 5.74) is 4.74. The molecule has 8 heteroatoms. The third-order valence-corrected chi connectivity index (χ3v) is 5.69. The number of likely N-dealkylation sites (N-methyl/N-ethyl adjacent to an activating group) is 1. The number of hydrogen-bond donors (Lipinski definition) is 1. The summed E-state index contributed by atoms with van der Waals surface area (Å²) in [6, 6.07) is 15.8. The van der Waals surface area contributed by atoms with Crippen molar-refractivity contribution in [3.8, 4) is 22.4 Å². The summed E-state index contributed by atoms with van der Waals surface area (Å²) in [6.07, 6.45) is 0. The van der Waals surface area contributed by atoms with Crippen LogP contribution in [-0.2, 0) is 11.3 Å². The van der Waals surface area contributed by atoms with Crippen molar-refractivity contribution >= 4 is 23.1 Å². The van der Waals surface area contributed by atoms with Gasteiger partial charge in [-0.1, -0.05) is 23.7 Å². The molecule has 0 bridgehead atoms. The highest BCUT2D eigenvalue weighted by molar-refractivity contribution is 6.30. The Labute approximate surface area is 197 Å². The Bertz CT molecular complexity index is 1230. The van der Waals surface area contributed by atoms with Gasteiger partial charge in [-0.2, -0.15) is 5.10 Å². The van der Waals surface area contributed by atoms with Crippen LogP contribution in [-0.4, -0.2) is 46.0 Å². The molecule has 0 saturated heterocycles. The number of nitrogens with zero attached hydrogens (tertiary/aromatic N) is 4. The van der Waals surface area contributed by atoms with E-state index in [0.29, 0.717) is 42.8 Å². The number of hydrogen-bond acceptors (Lipinski definition) is 5. The van der Waals surface area contributed by atoms with Gasteiger partial charge < -0.3 is 14.7 Å². The fraction of sp³-hybridized carbons (Fsp3) is 0.280. The molecule has 0 aliphatic carbocycles. The maximum atomic E-state index is 13.6.